The lowest BCUT2D eigenvalue weighted by Crippen LogP contribution is -2.39. The van der Waals surface area contributed by atoms with Crippen LogP contribution in [0.1, 0.15) is 23.1 Å². The number of carbonyl (C=O) groups excluding carboxylic acids is 1. The Balaban J connectivity index is 1.45. The molecule has 1 aliphatic rings. The first kappa shape index (κ1) is 22.3. The van der Waals surface area contributed by atoms with Crippen LogP contribution in [-0.4, -0.2) is 49.6 Å². The standard InChI is InChI=1S/C25H29N3O3S/c1-5-27(14-18-6-9-23(30-3)24(12-18)31-4)15-25(29)28-11-10-20-13-19(7-8-22(20)28)21-16-32-17(2)26-21/h6-9,12-13,16H,5,10-11,14-15H2,1-4H3. The highest BCUT2D eigenvalue weighted by atomic mass is 32.1. The molecule has 0 fully saturated rings. The summed E-state index contributed by atoms with van der Waals surface area (Å²) >= 11 is 1.66. The second kappa shape index (κ2) is 9.71. The first-order valence-electron chi connectivity index (χ1n) is 10.8. The van der Waals surface area contributed by atoms with E-state index in [-0.39, 0.29) is 5.91 Å². The van der Waals surface area contributed by atoms with Crippen molar-refractivity contribution in [2.45, 2.75) is 26.8 Å². The fraction of sp³-hybridized carbons (Fsp3) is 0.360. The molecule has 2 heterocycles. The highest BCUT2D eigenvalue weighted by molar-refractivity contribution is 7.09. The SMILES string of the molecule is CCN(CC(=O)N1CCc2cc(-c3csc(C)n3)ccc21)Cc1ccc(OC)c(OC)c1. The van der Waals surface area contributed by atoms with Gasteiger partial charge in [-0.1, -0.05) is 19.1 Å². The number of hydrogen-bond donors (Lipinski definition) is 0. The molecule has 0 atom stereocenters. The molecule has 1 aromatic heterocycles. The minimum absolute atomic E-state index is 0.128. The number of amides is 1. The van der Waals surface area contributed by atoms with Crippen molar-refractivity contribution in [1.82, 2.24) is 9.88 Å². The van der Waals surface area contributed by atoms with Gasteiger partial charge in [0.25, 0.3) is 0 Å². The summed E-state index contributed by atoms with van der Waals surface area (Å²) in [6.07, 6.45) is 0.875. The highest BCUT2D eigenvalue weighted by Gasteiger charge is 2.26. The third kappa shape index (κ3) is 4.64. The molecule has 0 bridgehead atoms. The minimum Gasteiger partial charge on any atom is -0.493 e. The van der Waals surface area contributed by atoms with E-state index in [1.54, 1.807) is 25.6 Å². The summed E-state index contributed by atoms with van der Waals surface area (Å²) < 4.78 is 10.7. The molecule has 0 unspecified atom stereocenters. The molecule has 32 heavy (non-hydrogen) atoms. The molecule has 0 radical (unpaired) electrons. The lowest BCUT2D eigenvalue weighted by atomic mass is 10.1. The van der Waals surface area contributed by atoms with Crippen molar-refractivity contribution in [3.8, 4) is 22.8 Å². The molecule has 0 spiro atoms. The van der Waals surface area contributed by atoms with Gasteiger partial charge in [0.15, 0.2) is 11.5 Å². The Morgan fingerprint density at radius 2 is 1.97 bits per heavy atom. The predicted molar refractivity (Wildman–Crippen MR) is 129 cm³/mol. The molecule has 0 saturated heterocycles. The van der Waals surface area contributed by atoms with Gasteiger partial charge < -0.3 is 14.4 Å². The van der Waals surface area contributed by atoms with Gasteiger partial charge >= 0.3 is 0 Å². The summed E-state index contributed by atoms with van der Waals surface area (Å²) in [5.41, 5.74) is 5.44. The number of aromatic nitrogens is 1. The van der Waals surface area contributed by atoms with Crippen LogP contribution in [0.4, 0.5) is 5.69 Å². The fourth-order valence-corrected chi connectivity index (χ4v) is 4.73. The number of anilines is 1. The number of ether oxygens (including phenoxy) is 2. The van der Waals surface area contributed by atoms with Crippen molar-refractivity contribution in [2.24, 2.45) is 0 Å². The second-order valence-electron chi connectivity index (χ2n) is 7.88. The van der Waals surface area contributed by atoms with Crippen LogP contribution in [0.2, 0.25) is 0 Å². The van der Waals surface area contributed by atoms with Gasteiger partial charge in [0.2, 0.25) is 5.91 Å². The number of rotatable bonds is 8. The van der Waals surface area contributed by atoms with Crippen LogP contribution in [0.25, 0.3) is 11.3 Å². The smallest absolute Gasteiger partial charge is 0.241 e. The average molecular weight is 452 g/mol. The number of likely N-dealkylation sites (N-methyl/N-ethyl adjacent to an activating group) is 1. The van der Waals surface area contributed by atoms with Gasteiger partial charge in [-0.05, 0) is 55.3 Å². The normalized spacial score (nSPS) is 12.8. The maximum absolute atomic E-state index is 13.2. The van der Waals surface area contributed by atoms with Gasteiger partial charge in [-0.3, -0.25) is 9.69 Å². The van der Waals surface area contributed by atoms with Crippen LogP contribution in [0.15, 0.2) is 41.8 Å². The van der Waals surface area contributed by atoms with Crippen LogP contribution in [0.3, 0.4) is 0 Å². The number of thiazole rings is 1. The molecule has 6 nitrogen and oxygen atoms in total. The third-order valence-electron chi connectivity index (χ3n) is 5.85. The van der Waals surface area contributed by atoms with E-state index < -0.39 is 0 Å². The summed E-state index contributed by atoms with van der Waals surface area (Å²) in [7, 11) is 3.26. The Bertz CT molecular complexity index is 1110. The number of carbonyl (C=O) groups is 1. The van der Waals surface area contributed by atoms with Gasteiger partial charge in [-0.15, -0.1) is 11.3 Å². The Hall–Kier alpha value is -2.90. The first-order valence-corrected chi connectivity index (χ1v) is 11.7. The number of fused-ring (bicyclic) bond motifs is 1. The topological polar surface area (TPSA) is 54.9 Å². The molecule has 1 amide bonds. The maximum atomic E-state index is 13.2. The molecule has 1 aliphatic heterocycles. The quantitative estimate of drug-likeness (QED) is 0.503. The molecule has 4 rings (SSSR count). The summed E-state index contributed by atoms with van der Waals surface area (Å²) in [6, 6.07) is 12.2. The molecule has 0 saturated carbocycles. The van der Waals surface area contributed by atoms with E-state index in [1.165, 1.54) is 5.56 Å². The van der Waals surface area contributed by atoms with Crippen molar-refractivity contribution in [3.05, 3.63) is 57.9 Å². The van der Waals surface area contributed by atoms with Crippen molar-refractivity contribution >= 4 is 22.9 Å². The maximum Gasteiger partial charge on any atom is 0.241 e. The number of nitrogens with zero attached hydrogens (tertiary/aromatic N) is 3. The number of aryl methyl sites for hydroxylation is 1. The van der Waals surface area contributed by atoms with Gasteiger partial charge in [-0.25, -0.2) is 4.98 Å². The first-order chi connectivity index (χ1) is 15.5. The average Bonchev–Trinajstić information content (AvgIpc) is 3.44. The van der Waals surface area contributed by atoms with Crippen molar-refractivity contribution in [2.75, 3.05) is 38.8 Å². The number of hydrogen-bond acceptors (Lipinski definition) is 6. The number of benzene rings is 2. The van der Waals surface area contributed by atoms with Crippen molar-refractivity contribution in [3.63, 3.8) is 0 Å². The zero-order valence-electron chi connectivity index (χ0n) is 19.1. The lowest BCUT2D eigenvalue weighted by Gasteiger charge is -2.24. The molecule has 3 aromatic rings. The van der Waals surface area contributed by atoms with Gasteiger partial charge in [0.05, 0.1) is 31.5 Å². The van der Waals surface area contributed by atoms with E-state index >= 15 is 0 Å². The largest absolute Gasteiger partial charge is 0.493 e. The molecule has 2 aromatic carbocycles. The van der Waals surface area contributed by atoms with E-state index in [0.717, 1.165) is 47.0 Å². The Morgan fingerprint density at radius 1 is 1.16 bits per heavy atom. The molecular weight excluding hydrogens is 422 g/mol. The summed E-state index contributed by atoms with van der Waals surface area (Å²) in [5.74, 6) is 1.53. The van der Waals surface area contributed by atoms with E-state index in [2.05, 4.69) is 40.4 Å². The number of methoxy groups -OCH3 is 2. The third-order valence-corrected chi connectivity index (χ3v) is 6.62. The van der Waals surface area contributed by atoms with Crippen molar-refractivity contribution in [1.29, 1.82) is 0 Å². The monoisotopic (exact) mass is 451 g/mol. The Kier molecular flexibility index (Phi) is 6.77. The molecule has 0 N–H and O–H groups in total. The summed E-state index contributed by atoms with van der Waals surface area (Å²) in [5, 5.41) is 3.15. The Morgan fingerprint density at radius 3 is 2.66 bits per heavy atom. The lowest BCUT2D eigenvalue weighted by molar-refractivity contribution is -0.119. The van der Waals surface area contributed by atoms with E-state index in [4.69, 9.17) is 9.47 Å². The molecular formula is C25H29N3O3S. The minimum atomic E-state index is 0.128. The Labute approximate surface area is 193 Å². The van der Waals surface area contributed by atoms with Gasteiger partial charge in [-0.2, -0.15) is 0 Å². The zero-order chi connectivity index (χ0) is 22.7. The van der Waals surface area contributed by atoms with E-state index in [9.17, 15) is 4.79 Å². The molecule has 168 valence electrons. The van der Waals surface area contributed by atoms with Crippen LogP contribution in [-0.2, 0) is 17.8 Å². The van der Waals surface area contributed by atoms with Gasteiger partial charge in [0, 0.05) is 29.7 Å². The summed E-state index contributed by atoms with van der Waals surface area (Å²) in [6.45, 7) is 6.64. The van der Waals surface area contributed by atoms with Crippen LogP contribution in [0, 0.1) is 6.92 Å². The summed E-state index contributed by atoms with van der Waals surface area (Å²) in [4.78, 5) is 21.8. The second-order valence-corrected chi connectivity index (χ2v) is 8.95. The molecule has 0 aliphatic carbocycles. The van der Waals surface area contributed by atoms with Crippen LogP contribution >= 0.6 is 11.3 Å². The zero-order valence-corrected chi connectivity index (χ0v) is 19.9. The predicted octanol–water partition coefficient (Wildman–Crippen LogP) is 4.55. The van der Waals surface area contributed by atoms with Gasteiger partial charge in [0.1, 0.15) is 0 Å². The van der Waals surface area contributed by atoms with Crippen molar-refractivity contribution < 1.29 is 14.3 Å². The van der Waals surface area contributed by atoms with E-state index in [1.807, 2.05) is 30.0 Å². The highest BCUT2D eigenvalue weighted by Crippen LogP contribution is 2.33. The fourth-order valence-electron chi connectivity index (χ4n) is 4.11. The van der Waals surface area contributed by atoms with E-state index in [0.29, 0.717) is 24.6 Å². The van der Waals surface area contributed by atoms with Crippen LogP contribution < -0.4 is 14.4 Å². The molecule has 7 heteroatoms. The van der Waals surface area contributed by atoms with Crippen LogP contribution in [0.5, 0.6) is 11.5 Å².